The summed E-state index contributed by atoms with van der Waals surface area (Å²) in [6.07, 6.45) is 0.877. The topological polar surface area (TPSA) is 46.2 Å². The zero-order valence-corrected chi connectivity index (χ0v) is 9.39. The van der Waals surface area contributed by atoms with E-state index in [1.165, 1.54) is 12.1 Å². The van der Waals surface area contributed by atoms with Crippen LogP contribution in [0.25, 0.3) is 0 Å². The molecule has 3 N–H and O–H groups in total. The van der Waals surface area contributed by atoms with Crippen LogP contribution < -0.4 is 5.73 Å². The van der Waals surface area contributed by atoms with Crippen molar-refractivity contribution in [3.63, 3.8) is 0 Å². The number of aliphatic hydroxyl groups is 1. The highest BCUT2D eigenvalue weighted by Crippen LogP contribution is 2.20. The highest BCUT2D eigenvalue weighted by molar-refractivity contribution is 6.30. The molecule has 1 aromatic rings. The fourth-order valence-electron chi connectivity index (χ4n) is 1.37. The van der Waals surface area contributed by atoms with Gasteiger partial charge in [-0.3, -0.25) is 0 Å². The lowest BCUT2D eigenvalue weighted by Crippen LogP contribution is -2.39. The Balaban J connectivity index is 2.85. The van der Waals surface area contributed by atoms with Crippen LogP contribution in [0.2, 0.25) is 5.02 Å². The van der Waals surface area contributed by atoms with Gasteiger partial charge in [0.25, 0.3) is 0 Å². The van der Waals surface area contributed by atoms with E-state index in [0.29, 0.717) is 18.4 Å². The van der Waals surface area contributed by atoms with Gasteiger partial charge in [0.2, 0.25) is 0 Å². The van der Waals surface area contributed by atoms with Crippen LogP contribution >= 0.6 is 11.6 Å². The molecule has 1 atom stereocenters. The summed E-state index contributed by atoms with van der Waals surface area (Å²) < 4.78 is 13.1. The summed E-state index contributed by atoms with van der Waals surface area (Å²) >= 11 is 5.56. The lowest BCUT2D eigenvalue weighted by molar-refractivity contribution is 0.0455. The molecule has 84 valence electrons. The molecule has 1 aromatic carbocycles. The van der Waals surface area contributed by atoms with Crippen molar-refractivity contribution >= 4 is 11.6 Å². The van der Waals surface area contributed by atoms with Crippen molar-refractivity contribution < 1.29 is 9.50 Å². The summed E-state index contributed by atoms with van der Waals surface area (Å²) in [4.78, 5) is 0. The maximum Gasteiger partial charge on any atom is 0.142 e. The van der Waals surface area contributed by atoms with Crippen LogP contribution in [0.4, 0.5) is 4.39 Å². The largest absolute Gasteiger partial charge is 0.388 e. The minimum atomic E-state index is -0.958. The van der Waals surface area contributed by atoms with E-state index in [2.05, 4.69) is 0 Å². The lowest BCUT2D eigenvalue weighted by Gasteiger charge is -2.24. The maximum atomic E-state index is 13.1. The third kappa shape index (κ3) is 3.16. The van der Waals surface area contributed by atoms with Crippen molar-refractivity contribution in [2.75, 3.05) is 6.54 Å². The standard InChI is InChI=1S/C11H15ClFNO/c1-2-11(15,7-14)6-8-3-4-9(12)10(13)5-8/h3-5,15H,2,6-7,14H2,1H3. The Bertz CT molecular complexity index is 339. The number of hydrogen-bond acceptors (Lipinski definition) is 2. The van der Waals surface area contributed by atoms with Crippen molar-refractivity contribution in [3.8, 4) is 0 Å². The summed E-state index contributed by atoms with van der Waals surface area (Å²) in [5.41, 5.74) is 5.21. The summed E-state index contributed by atoms with van der Waals surface area (Å²) in [5.74, 6) is -0.468. The van der Waals surface area contributed by atoms with Gasteiger partial charge < -0.3 is 10.8 Å². The molecule has 0 aliphatic rings. The van der Waals surface area contributed by atoms with E-state index in [9.17, 15) is 9.50 Å². The first-order valence-corrected chi connectivity index (χ1v) is 5.25. The normalized spacial score (nSPS) is 15.0. The molecule has 1 rings (SSSR count). The minimum absolute atomic E-state index is 0.0894. The van der Waals surface area contributed by atoms with Crippen molar-refractivity contribution in [1.82, 2.24) is 0 Å². The second-order valence-corrected chi connectivity index (χ2v) is 4.11. The molecule has 0 spiro atoms. The quantitative estimate of drug-likeness (QED) is 0.834. The predicted molar refractivity (Wildman–Crippen MR) is 59.4 cm³/mol. The molecule has 2 nitrogen and oxygen atoms in total. The van der Waals surface area contributed by atoms with Gasteiger partial charge in [0.15, 0.2) is 0 Å². The Morgan fingerprint density at radius 1 is 1.53 bits per heavy atom. The van der Waals surface area contributed by atoms with Crippen LogP contribution in [0, 0.1) is 5.82 Å². The van der Waals surface area contributed by atoms with Gasteiger partial charge in [-0.1, -0.05) is 24.6 Å². The maximum absolute atomic E-state index is 13.1. The molecule has 0 aliphatic carbocycles. The molecule has 1 unspecified atom stereocenters. The summed E-state index contributed by atoms with van der Waals surface area (Å²) in [5, 5.41) is 10.1. The van der Waals surface area contributed by atoms with E-state index < -0.39 is 11.4 Å². The highest BCUT2D eigenvalue weighted by atomic mass is 35.5. The van der Waals surface area contributed by atoms with E-state index in [0.717, 1.165) is 0 Å². The zero-order chi connectivity index (χ0) is 11.5. The fourth-order valence-corrected chi connectivity index (χ4v) is 1.49. The van der Waals surface area contributed by atoms with Crippen LogP contribution in [0.15, 0.2) is 18.2 Å². The molecule has 0 bridgehead atoms. The fraction of sp³-hybridized carbons (Fsp3) is 0.455. The Morgan fingerprint density at radius 3 is 2.67 bits per heavy atom. The minimum Gasteiger partial charge on any atom is -0.388 e. The Morgan fingerprint density at radius 2 is 2.20 bits per heavy atom. The first-order chi connectivity index (χ1) is 7.00. The van der Waals surface area contributed by atoms with Gasteiger partial charge in [-0.05, 0) is 24.1 Å². The SMILES string of the molecule is CCC(O)(CN)Cc1ccc(Cl)c(F)c1. The van der Waals surface area contributed by atoms with Crippen LogP contribution in [0.1, 0.15) is 18.9 Å². The first kappa shape index (κ1) is 12.4. The number of halogens is 2. The lowest BCUT2D eigenvalue weighted by atomic mass is 9.92. The van der Waals surface area contributed by atoms with Crippen LogP contribution in [0.5, 0.6) is 0 Å². The van der Waals surface area contributed by atoms with Crippen molar-refractivity contribution in [2.45, 2.75) is 25.4 Å². The first-order valence-electron chi connectivity index (χ1n) is 4.87. The van der Waals surface area contributed by atoms with Gasteiger partial charge in [-0.25, -0.2) is 4.39 Å². The Hall–Kier alpha value is -0.640. The summed E-state index contributed by atoms with van der Waals surface area (Å²) in [6.45, 7) is 2.01. The average Bonchev–Trinajstić information content (AvgIpc) is 2.23. The van der Waals surface area contributed by atoms with Gasteiger partial charge in [0, 0.05) is 13.0 Å². The molecule has 0 radical (unpaired) electrons. The van der Waals surface area contributed by atoms with E-state index in [1.54, 1.807) is 6.07 Å². The molecule has 0 fully saturated rings. The molecule has 4 heteroatoms. The van der Waals surface area contributed by atoms with Crippen LogP contribution in [-0.4, -0.2) is 17.3 Å². The predicted octanol–water partition coefficient (Wildman–Crippen LogP) is 2.12. The van der Waals surface area contributed by atoms with Crippen molar-refractivity contribution in [3.05, 3.63) is 34.6 Å². The third-order valence-corrected chi connectivity index (χ3v) is 2.86. The summed E-state index contributed by atoms with van der Waals surface area (Å²) in [7, 11) is 0. The smallest absolute Gasteiger partial charge is 0.142 e. The molecule has 0 saturated heterocycles. The third-order valence-electron chi connectivity index (χ3n) is 2.56. The molecule has 15 heavy (non-hydrogen) atoms. The van der Waals surface area contributed by atoms with Crippen molar-refractivity contribution in [1.29, 1.82) is 0 Å². The molecule has 0 aliphatic heterocycles. The average molecular weight is 232 g/mol. The number of hydrogen-bond donors (Lipinski definition) is 2. The number of nitrogens with two attached hydrogens (primary N) is 1. The van der Waals surface area contributed by atoms with Gasteiger partial charge in [-0.2, -0.15) is 0 Å². The molecule has 0 aromatic heterocycles. The van der Waals surface area contributed by atoms with Gasteiger partial charge in [0.05, 0.1) is 10.6 Å². The van der Waals surface area contributed by atoms with Crippen LogP contribution in [-0.2, 0) is 6.42 Å². The van der Waals surface area contributed by atoms with Gasteiger partial charge in [0.1, 0.15) is 5.82 Å². The molecule has 0 heterocycles. The molecular formula is C11H15ClFNO. The van der Waals surface area contributed by atoms with Crippen molar-refractivity contribution in [2.24, 2.45) is 5.73 Å². The van der Waals surface area contributed by atoms with Crippen LogP contribution in [0.3, 0.4) is 0 Å². The van der Waals surface area contributed by atoms with E-state index in [1.807, 2.05) is 6.92 Å². The van der Waals surface area contributed by atoms with E-state index in [4.69, 9.17) is 17.3 Å². The second-order valence-electron chi connectivity index (χ2n) is 3.71. The Labute approximate surface area is 93.9 Å². The number of benzene rings is 1. The zero-order valence-electron chi connectivity index (χ0n) is 8.63. The molecular weight excluding hydrogens is 217 g/mol. The molecule has 0 amide bonds. The van der Waals surface area contributed by atoms with Gasteiger partial charge >= 0.3 is 0 Å². The summed E-state index contributed by atoms with van der Waals surface area (Å²) in [6, 6.07) is 4.51. The van der Waals surface area contributed by atoms with E-state index >= 15 is 0 Å². The molecule has 0 saturated carbocycles. The Kier molecular flexibility index (Phi) is 4.08. The number of rotatable bonds is 4. The van der Waals surface area contributed by atoms with Gasteiger partial charge in [-0.15, -0.1) is 0 Å². The second kappa shape index (κ2) is 4.92. The van der Waals surface area contributed by atoms with E-state index in [-0.39, 0.29) is 11.6 Å². The monoisotopic (exact) mass is 231 g/mol. The highest BCUT2D eigenvalue weighted by Gasteiger charge is 2.23.